The van der Waals surface area contributed by atoms with Crippen LogP contribution in [-0.4, -0.2) is 64.3 Å². The lowest BCUT2D eigenvalue weighted by Gasteiger charge is -2.19. The number of hydrogen-bond donors (Lipinski definition) is 7. The Morgan fingerprint density at radius 3 is 2.27 bits per heavy atom. The molecular formula is C9H15ClN3O14P3. The van der Waals surface area contributed by atoms with E-state index in [1.807, 2.05) is 0 Å². The molecule has 1 saturated heterocycles. The minimum Gasteiger partial charge on any atom is -0.387 e. The molecule has 1 aromatic heterocycles. The van der Waals surface area contributed by atoms with Gasteiger partial charge in [0.05, 0.1) is 6.61 Å². The van der Waals surface area contributed by atoms with E-state index in [-0.39, 0.29) is 11.0 Å². The summed E-state index contributed by atoms with van der Waals surface area (Å²) in [5, 5.41) is 19.8. The second kappa shape index (κ2) is 9.02. The number of rotatable bonds is 8. The first-order valence-electron chi connectivity index (χ1n) is 7.36. The molecule has 30 heavy (non-hydrogen) atoms. The fraction of sp³-hybridized carbons (Fsp3) is 0.556. The van der Waals surface area contributed by atoms with Crippen LogP contribution in [0, 0.1) is 0 Å². The van der Waals surface area contributed by atoms with Crippen LogP contribution in [0.3, 0.4) is 0 Å². The van der Waals surface area contributed by atoms with Crippen LogP contribution in [-0.2, 0) is 31.6 Å². The fourth-order valence-corrected chi connectivity index (χ4v) is 5.57. The SMILES string of the molecule is Nc1cc(Cl)n([C@@H]2O[C@H](COP(=O)(O)OP(=O)(O)OP(=O)(O)O)[C@@H](O)[C@H]2O)c(=O)n1. The van der Waals surface area contributed by atoms with Gasteiger partial charge >= 0.3 is 29.2 Å². The Balaban J connectivity index is 2.10. The van der Waals surface area contributed by atoms with Crippen LogP contribution >= 0.6 is 35.1 Å². The molecule has 0 aromatic carbocycles. The highest BCUT2D eigenvalue weighted by molar-refractivity contribution is 7.66. The van der Waals surface area contributed by atoms with Crippen LogP contribution < -0.4 is 11.4 Å². The van der Waals surface area contributed by atoms with Gasteiger partial charge in [0.2, 0.25) is 0 Å². The molecule has 17 nitrogen and oxygen atoms in total. The van der Waals surface area contributed by atoms with E-state index in [9.17, 15) is 33.6 Å². The van der Waals surface area contributed by atoms with Gasteiger partial charge in [-0.15, -0.1) is 0 Å². The molecule has 6 atom stereocenters. The van der Waals surface area contributed by atoms with Crippen LogP contribution in [0.25, 0.3) is 0 Å². The second-order valence-corrected chi connectivity index (χ2v) is 10.4. The van der Waals surface area contributed by atoms with Gasteiger partial charge in [-0.05, 0) is 0 Å². The molecule has 172 valence electrons. The summed E-state index contributed by atoms with van der Waals surface area (Å²) in [6, 6.07) is 1.05. The summed E-state index contributed by atoms with van der Waals surface area (Å²) in [5.41, 5.74) is 4.29. The fourth-order valence-electron chi connectivity index (χ4n) is 2.26. The molecule has 0 radical (unpaired) electrons. The maximum Gasteiger partial charge on any atom is 0.490 e. The van der Waals surface area contributed by atoms with Crippen molar-refractivity contribution < 1.29 is 61.4 Å². The van der Waals surface area contributed by atoms with Crippen molar-refractivity contribution in [2.45, 2.75) is 24.5 Å². The Morgan fingerprint density at radius 1 is 1.13 bits per heavy atom. The van der Waals surface area contributed by atoms with Gasteiger partial charge in [0.25, 0.3) is 0 Å². The number of hydrogen-bond acceptors (Lipinski definition) is 12. The minimum atomic E-state index is -5.74. The first-order chi connectivity index (χ1) is 13.5. The highest BCUT2D eigenvalue weighted by atomic mass is 35.5. The van der Waals surface area contributed by atoms with Crippen LogP contribution in [0.15, 0.2) is 10.9 Å². The number of nitrogens with zero attached hydrogens (tertiary/aromatic N) is 2. The Hall–Kier alpha value is -0.740. The zero-order valence-electron chi connectivity index (χ0n) is 14.2. The van der Waals surface area contributed by atoms with Crippen LogP contribution in [0.5, 0.6) is 0 Å². The van der Waals surface area contributed by atoms with Crippen molar-refractivity contribution in [3.8, 4) is 0 Å². The normalized spacial score (nSPS) is 28.8. The molecule has 0 amide bonds. The summed E-state index contributed by atoms with van der Waals surface area (Å²) in [7, 11) is -16.8. The monoisotopic (exact) mass is 517 g/mol. The predicted octanol–water partition coefficient (Wildman–Crippen LogP) is -1.56. The molecule has 8 N–H and O–H groups in total. The highest BCUT2D eigenvalue weighted by Gasteiger charge is 2.47. The van der Waals surface area contributed by atoms with Crippen molar-refractivity contribution in [3.05, 3.63) is 21.7 Å². The van der Waals surface area contributed by atoms with Crippen LogP contribution in [0.1, 0.15) is 6.23 Å². The number of aliphatic hydroxyl groups is 2. The summed E-state index contributed by atoms with van der Waals surface area (Å²) in [6.07, 6.45) is -6.85. The van der Waals surface area contributed by atoms with Gasteiger partial charge in [-0.1, -0.05) is 11.6 Å². The number of nitrogens with two attached hydrogens (primary N) is 1. The molecule has 21 heteroatoms. The average Bonchev–Trinajstić information content (AvgIpc) is 2.77. The Bertz CT molecular complexity index is 997. The van der Waals surface area contributed by atoms with Crippen LogP contribution in [0.2, 0.25) is 5.15 Å². The standard InChI is InChI=1S/C9H15ClN3O14P3/c10-4-1-5(11)12-9(16)13(4)8-7(15)6(14)3(25-8)2-24-29(20,21)27-30(22,23)26-28(17,18)19/h1,3,6-8,14-15H,2H2,(H,20,21)(H,22,23)(H2,11,12,16)(H2,17,18,19)/t3-,6-,7-,8-/m1/s1. The molecule has 0 aliphatic carbocycles. The first-order valence-corrected chi connectivity index (χ1v) is 12.3. The largest absolute Gasteiger partial charge is 0.490 e. The molecule has 2 unspecified atom stereocenters. The molecule has 1 aliphatic heterocycles. The zero-order valence-corrected chi connectivity index (χ0v) is 17.7. The van der Waals surface area contributed by atoms with E-state index in [0.717, 1.165) is 6.07 Å². The summed E-state index contributed by atoms with van der Waals surface area (Å²) in [4.78, 5) is 50.7. The third kappa shape index (κ3) is 6.63. The van der Waals surface area contributed by atoms with Gasteiger partial charge in [0.15, 0.2) is 6.23 Å². The lowest BCUT2D eigenvalue weighted by Crippen LogP contribution is -2.36. The molecule has 0 bridgehead atoms. The van der Waals surface area contributed by atoms with E-state index in [0.29, 0.717) is 4.57 Å². The van der Waals surface area contributed by atoms with E-state index in [1.54, 1.807) is 0 Å². The highest BCUT2D eigenvalue weighted by Crippen LogP contribution is 2.66. The molecule has 0 saturated carbocycles. The second-order valence-electron chi connectivity index (χ2n) is 5.59. The Morgan fingerprint density at radius 2 is 1.73 bits per heavy atom. The lowest BCUT2D eigenvalue weighted by molar-refractivity contribution is -0.0540. The maximum atomic E-state index is 11.9. The smallest absolute Gasteiger partial charge is 0.387 e. The van der Waals surface area contributed by atoms with Gasteiger partial charge in [-0.3, -0.25) is 9.09 Å². The lowest BCUT2D eigenvalue weighted by atomic mass is 10.1. The number of aromatic nitrogens is 2. The molecule has 1 aromatic rings. The molecule has 2 heterocycles. The number of halogens is 1. The topological polar surface area (TPSA) is 270 Å². The predicted molar refractivity (Wildman–Crippen MR) is 93.7 cm³/mol. The van der Waals surface area contributed by atoms with E-state index in [2.05, 4.69) is 18.1 Å². The Kier molecular flexibility index (Phi) is 7.67. The zero-order chi connectivity index (χ0) is 23.1. The van der Waals surface area contributed by atoms with Crippen molar-refractivity contribution in [3.63, 3.8) is 0 Å². The maximum absolute atomic E-state index is 11.9. The number of anilines is 1. The van der Waals surface area contributed by atoms with Crippen molar-refractivity contribution in [1.82, 2.24) is 9.55 Å². The third-order valence-corrected chi connectivity index (χ3v) is 7.43. The quantitative estimate of drug-likeness (QED) is 0.152. The molecule has 2 rings (SSSR count). The van der Waals surface area contributed by atoms with Gasteiger partial charge in [-0.2, -0.15) is 13.6 Å². The molecular weight excluding hydrogens is 502 g/mol. The molecule has 1 aliphatic rings. The van der Waals surface area contributed by atoms with Gasteiger partial charge < -0.3 is 40.3 Å². The van der Waals surface area contributed by atoms with Gasteiger partial charge in [0, 0.05) is 6.07 Å². The number of nitrogen functional groups attached to an aromatic ring is 1. The van der Waals surface area contributed by atoms with E-state index in [1.165, 1.54) is 0 Å². The Labute approximate surface area is 171 Å². The number of ether oxygens (including phenoxy) is 1. The van der Waals surface area contributed by atoms with E-state index in [4.69, 9.17) is 36.8 Å². The number of phosphoric acid groups is 3. The van der Waals surface area contributed by atoms with Crippen molar-refractivity contribution in [1.29, 1.82) is 0 Å². The summed E-state index contributed by atoms with van der Waals surface area (Å²) < 4.78 is 50.7. The minimum absolute atomic E-state index is 0.238. The van der Waals surface area contributed by atoms with Crippen LogP contribution in [0.4, 0.5) is 5.82 Å². The summed E-state index contributed by atoms with van der Waals surface area (Å²) >= 11 is 5.85. The van der Waals surface area contributed by atoms with Crippen molar-refractivity contribution in [2.75, 3.05) is 12.3 Å². The third-order valence-electron chi connectivity index (χ3n) is 3.34. The summed E-state index contributed by atoms with van der Waals surface area (Å²) in [5.74, 6) is -0.238. The average molecular weight is 518 g/mol. The first kappa shape index (κ1) is 25.5. The van der Waals surface area contributed by atoms with Gasteiger partial charge in [-0.25, -0.2) is 18.5 Å². The van der Waals surface area contributed by atoms with E-state index < -0.39 is 60.3 Å². The number of phosphoric ester groups is 1. The summed E-state index contributed by atoms with van der Waals surface area (Å²) in [6.45, 7) is -1.06. The van der Waals surface area contributed by atoms with Crippen molar-refractivity contribution >= 4 is 40.9 Å². The van der Waals surface area contributed by atoms with Gasteiger partial charge in [0.1, 0.15) is 29.3 Å². The van der Waals surface area contributed by atoms with Crippen molar-refractivity contribution in [2.24, 2.45) is 0 Å². The molecule has 0 spiro atoms. The molecule has 1 fully saturated rings. The van der Waals surface area contributed by atoms with E-state index >= 15 is 0 Å². The number of aliphatic hydroxyl groups excluding tert-OH is 2.